The molecule has 5 aromatic carbocycles. The van der Waals surface area contributed by atoms with E-state index in [0.717, 1.165) is 26.5 Å². The number of aromatic hydroxyl groups is 2. The van der Waals surface area contributed by atoms with Crippen LogP contribution in [0.3, 0.4) is 0 Å². The number of carbonyl (C=O) groups is 16. The van der Waals surface area contributed by atoms with Crippen molar-refractivity contribution in [1.82, 2.24) is 67.0 Å². The lowest BCUT2D eigenvalue weighted by Gasteiger charge is -2.37. The number of hydrogen-bond acceptors (Lipinski definition) is 19. The number of rotatable bonds is 21. The van der Waals surface area contributed by atoms with Crippen molar-refractivity contribution in [3.8, 4) is 11.5 Å². The van der Waals surface area contributed by atoms with Crippen LogP contribution in [0.25, 0.3) is 0 Å². The number of carboxylic acid groups (broad SMARTS) is 1. The quantitative estimate of drug-likeness (QED) is 0.0497. The fraction of sp³-hybridized carbons (Fsp3) is 0.465. The Hall–Kier alpha value is -12.2. The zero-order valence-electron chi connectivity index (χ0n) is 69.7. The molecular weight excluding hydrogens is 1570 g/mol. The van der Waals surface area contributed by atoms with Crippen LogP contribution in [0.1, 0.15) is 108 Å². The van der Waals surface area contributed by atoms with E-state index in [0.29, 0.717) is 40.7 Å². The van der Waals surface area contributed by atoms with Gasteiger partial charge in [0.15, 0.2) is 5.78 Å². The molecule has 1 heterocycles. The van der Waals surface area contributed by atoms with Crippen molar-refractivity contribution in [3.05, 3.63) is 167 Å². The molecule has 0 spiro atoms. The summed E-state index contributed by atoms with van der Waals surface area (Å²) in [6.07, 6.45) is -1.52. The van der Waals surface area contributed by atoms with Crippen molar-refractivity contribution in [2.45, 2.75) is 173 Å². The summed E-state index contributed by atoms with van der Waals surface area (Å²) in [6, 6.07) is 22.4. The highest BCUT2D eigenvalue weighted by molar-refractivity contribution is 8.00. The molecule has 33 nitrogen and oxygen atoms in total. The predicted octanol–water partition coefficient (Wildman–Crippen LogP) is 1.71. The van der Waals surface area contributed by atoms with E-state index >= 15 is 19.2 Å². The number of ketones is 1. The number of nitrogens with two attached hydrogens (primary N) is 1. The van der Waals surface area contributed by atoms with Crippen LogP contribution in [-0.4, -0.2) is 261 Å². The number of hydrogen-bond donors (Lipinski definition) is 12. The molecule has 0 aromatic heterocycles. The highest BCUT2D eigenvalue weighted by Gasteiger charge is 2.42. The highest BCUT2D eigenvalue weighted by atomic mass is 32.2. The lowest BCUT2D eigenvalue weighted by atomic mass is 9.88. The number of carboxylic acids is 1. The van der Waals surface area contributed by atoms with Crippen molar-refractivity contribution in [2.75, 3.05) is 66.4 Å². The minimum Gasteiger partial charge on any atom is -0.508 e. The molecule has 0 radical (unpaired) electrons. The molecule has 6 rings (SSSR count). The minimum absolute atomic E-state index is 0.0384. The number of Topliss-reactive ketones (excluding diaryl/α,β-unsaturated/α-hetero) is 1. The number of phenols is 2. The van der Waals surface area contributed by atoms with Gasteiger partial charge >= 0.3 is 5.97 Å². The molecule has 120 heavy (non-hydrogen) atoms. The highest BCUT2D eigenvalue weighted by Crippen LogP contribution is 2.25. The molecule has 14 amide bonds. The Labute approximate surface area is 703 Å². The maximum Gasteiger partial charge on any atom is 0.305 e. The molecule has 1 aliphatic heterocycles. The van der Waals surface area contributed by atoms with Crippen molar-refractivity contribution in [2.24, 2.45) is 23.5 Å². The Balaban J connectivity index is 1.44. The summed E-state index contributed by atoms with van der Waals surface area (Å²) >= 11 is 0.832. The number of likely N-dealkylation sites (N-methyl/N-ethyl adjacent to an activating group) is 5. The van der Waals surface area contributed by atoms with Crippen molar-refractivity contribution in [1.29, 1.82) is 0 Å². The predicted molar refractivity (Wildman–Crippen MR) is 447 cm³/mol. The summed E-state index contributed by atoms with van der Waals surface area (Å²) in [4.78, 5) is 236. The van der Waals surface area contributed by atoms with Gasteiger partial charge in [-0.1, -0.05) is 163 Å². The number of nitrogens with zero attached hydrogens (tertiary/aromatic N) is 5. The van der Waals surface area contributed by atoms with Gasteiger partial charge in [0, 0.05) is 72.6 Å². The van der Waals surface area contributed by atoms with Gasteiger partial charge < -0.3 is 88.1 Å². The van der Waals surface area contributed by atoms with Gasteiger partial charge in [-0.25, -0.2) is 0 Å². The number of benzene rings is 5. The average molecular weight is 1680 g/mol. The smallest absolute Gasteiger partial charge is 0.305 e. The van der Waals surface area contributed by atoms with Crippen molar-refractivity contribution < 1.29 is 92.0 Å². The topological polar surface area (TPSA) is 472 Å². The molecule has 1 fully saturated rings. The van der Waals surface area contributed by atoms with E-state index in [9.17, 15) is 72.9 Å². The number of thioether (sulfide) groups is 1. The lowest BCUT2D eigenvalue weighted by molar-refractivity contribution is -0.151. The van der Waals surface area contributed by atoms with E-state index in [1.165, 1.54) is 100 Å². The van der Waals surface area contributed by atoms with Crippen LogP contribution in [0.5, 0.6) is 11.5 Å². The Morgan fingerprint density at radius 1 is 0.492 bits per heavy atom. The summed E-state index contributed by atoms with van der Waals surface area (Å²) in [7, 11) is 6.60. The second-order valence-corrected chi connectivity index (χ2v) is 32.0. The summed E-state index contributed by atoms with van der Waals surface area (Å²) in [5, 5.41) is 51.3. The summed E-state index contributed by atoms with van der Waals surface area (Å²) in [6.45, 7) is 7.59. The fourth-order valence-corrected chi connectivity index (χ4v) is 14.5. The lowest BCUT2D eigenvalue weighted by Crippen LogP contribution is -2.59. The molecule has 0 saturated carbocycles. The average Bonchev–Trinajstić information content (AvgIpc) is 0.813. The van der Waals surface area contributed by atoms with Crippen LogP contribution in [0.15, 0.2) is 140 Å². The first-order valence-electron chi connectivity index (χ1n) is 39.8. The second kappa shape index (κ2) is 47.4. The van der Waals surface area contributed by atoms with E-state index in [4.69, 9.17) is 5.73 Å². The second-order valence-electron chi connectivity index (χ2n) is 31.0. The molecule has 1 aliphatic rings. The first kappa shape index (κ1) is 96.6. The molecule has 11 atom stereocenters. The van der Waals surface area contributed by atoms with Gasteiger partial charge in [0.2, 0.25) is 82.7 Å². The van der Waals surface area contributed by atoms with E-state index in [-0.39, 0.29) is 68.1 Å². The van der Waals surface area contributed by atoms with Crippen LogP contribution in [0.2, 0.25) is 0 Å². The number of primary amides is 1. The molecule has 1 saturated heterocycles. The molecular formula is C86H114N14O19S. The molecule has 0 unspecified atom stereocenters. The van der Waals surface area contributed by atoms with Gasteiger partial charge in [-0.05, 0) is 96.5 Å². The summed E-state index contributed by atoms with van der Waals surface area (Å²) in [5.74, 6) is -18.0. The number of nitrogens with one attached hydrogen (secondary N) is 8. The largest absolute Gasteiger partial charge is 0.508 e. The zero-order chi connectivity index (χ0) is 88.6. The maximum absolute atomic E-state index is 15.5. The molecule has 0 bridgehead atoms. The number of amides is 14. The standard InChI is InChI=1S/C86H114N14O19S/c1-12-13-29-67-84(117)97(8)48-73(106)90-64(45-75(108)109)81(114)95-76(52(4)5)86(119)99(10)68(42-55-25-19-15-20-26-55)70(103)44-59(39-57-30-34-60(101)35-31-57)82(115)96(7)47-72(105)89-53(6)77(110)92-63(40-58-32-36-61(102)37-33-58)80(113)93-62(38-51(2)3)79(112)94-66(78(111)88-46-71(87)104)49-120-50-74(107)91-65(41-54-23-17-14-18-24-54)83(116)100(11)69(85(118)98(67)9)43-56-27-21-16-22-28-56/h14-28,30-37,51-53,59,62-69,76,101-102H,12-13,29,38-50H2,1-11H3,(H2,87,104)(H,88,111)(H,89,105)(H,90,106)(H,91,107)(H,92,110)(H,93,113)(H,94,112)(H,95,114)(H,108,109)/t53-,59+,62-,63-,64-,65-,66+,67-,68-,69-,76-/m0/s1. The third-order valence-corrected chi connectivity index (χ3v) is 21.4. The monoisotopic (exact) mass is 1680 g/mol. The van der Waals surface area contributed by atoms with Gasteiger partial charge in [0.25, 0.3) is 0 Å². The normalized spacial score (nSPS) is 22.7. The molecule has 34 heteroatoms. The maximum atomic E-state index is 15.5. The first-order chi connectivity index (χ1) is 56.8. The summed E-state index contributed by atoms with van der Waals surface area (Å²) in [5.41, 5.74) is 8.04. The summed E-state index contributed by atoms with van der Waals surface area (Å²) < 4.78 is 0. The van der Waals surface area contributed by atoms with Crippen molar-refractivity contribution in [3.63, 3.8) is 0 Å². The first-order valence-corrected chi connectivity index (χ1v) is 41.0. The number of unbranched alkanes of at least 4 members (excludes halogenated alkanes) is 1. The van der Waals surface area contributed by atoms with Gasteiger partial charge in [0.1, 0.15) is 65.9 Å². The number of phenolic OH excluding ortho intramolecular Hbond substituents is 2. The van der Waals surface area contributed by atoms with Crippen LogP contribution in [-0.2, 0) is 109 Å². The SMILES string of the molecule is CCCC[C@H]1C(=O)N(C)CC(=O)N[C@@H](CC(=O)O)C(=O)N[C@@H](C(C)C)C(=O)N(C)[C@@H](Cc2ccccc2)C(=O)C[C@@H](Cc2ccc(O)cc2)C(=O)N(C)CC(=O)N[C@@H](C)C(=O)N[C@@H](Cc2ccc(O)cc2)C(=O)N[C@@H](CC(C)C)C(=O)N[C@@H](C(=O)NCC(N)=O)CSCC(=O)N[C@@H](Cc2ccccc2)C(=O)N(C)[C@@H](Cc2ccccc2)C(=O)N1C. The van der Waals surface area contributed by atoms with Crippen LogP contribution >= 0.6 is 11.8 Å². The van der Waals surface area contributed by atoms with Crippen molar-refractivity contribution >= 4 is 106 Å². The van der Waals surface area contributed by atoms with Crippen LogP contribution < -0.4 is 48.3 Å². The van der Waals surface area contributed by atoms with Gasteiger partial charge in [-0.3, -0.25) is 76.7 Å². The Kier molecular flexibility index (Phi) is 38.1. The Bertz CT molecular complexity index is 4370. The molecule has 13 N–H and O–H groups in total. The number of carbonyl (C=O) groups excluding carboxylic acids is 15. The minimum atomic E-state index is -1.88. The van der Waals surface area contributed by atoms with E-state index in [1.54, 1.807) is 119 Å². The molecule has 648 valence electrons. The third kappa shape index (κ3) is 30.6. The van der Waals surface area contributed by atoms with E-state index in [2.05, 4.69) is 42.5 Å². The molecule has 5 aromatic rings. The third-order valence-electron chi connectivity index (χ3n) is 20.4. The zero-order valence-corrected chi connectivity index (χ0v) is 70.5. The van der Waals surface area contributed by atoms with Gasteiger partial charge in [-0.2, -0.15) is 0 Å². The fourth-order valence-electron chi connectivity index (χ4n) is 13.7. The Morgan fingerprint density at radius 3 is 1.48 bits per heavy atom. The van der Waals surface area contributed by atoms with E-state index in [1.807, 2.05) is 6.92 Å². The van der Waals surface area contributed by atoms with Crippen LogP contribution in [0.4, 0.5) is 0 Å². The van der Waals surface area contributed by atoms with Crippen LogP contribution in [0, 0.1) is 17.8 Å². The molecule has 0 aliphatic carbocycles. The Morgan fingerprint density at radius 2 is 0.950 bits per heavy atom. The number of aliphatic carboxylic acids is 1. The van der Waals surface area contributed by atoms with E-state index < -0.39 is 205 Å². The van der Waals surface area contributed by atoms with Gasteiger partial charge in [0.05, 0.1) is 37.8 Å². The van der Waals surface area contributed by atoms with Gasteiger partial charge in [-0.15, -0.1) is 11.8 Å².